The summed E-state index contributed by atoms with van der Waals surface area (Å²) in [6, 6.07) is -0.676. The standard InChI is InChI=1S/C43H77NO3/c1-3-5-7-9-11-13-15-17-18-19-20-21-22-23-24-25-27-28-30-32-34-36-38-42(46)41(40-45)44-43(47)39-37-35-33-31-29-26-16-14-12-10-8-6-4-2/h23-24,26,28-30,33,35-36,38,41-42,45-46H,3-22,25,27,31-32,34,37,39-40H2,1-2H3,(H,44,47)/b24-23+,29-26-,30-28+,35-33-,38-36+. The first-order valence-corrected chi connectivity index (χ1v) is 20.0. The summed E-state index contributed by atoms with van der Waals surface area (Å²) in [7, 11) is 0. The normalized spacial score (nSPS) is 13.7. The molecule has 2 unspecified atom stereocenters. The Labute approximate surface area is 292 Å². The molecule has 272 valence electrons. The molecule has 1 amide bonds. The minimum atomic E-state index is -0.893. The fourth-order valence-electron chi connectivity index (χ4n) is 5.61. The van der Waals surface area contributed by atoms with Crippen LogP contribution in [0.2, 0.25) is 0 Å². The molecule has 0 heterocycles. The van der Waals surface area contributed by atoms with Crippen LogP contribution in [0.15, 0.2) is 60.8 Å². The quantitative estimate of drug-likeness (QED) is 0.0470. The highest BCUT2D eigenvalue weighted by Gasteiger charge is 2.17. The SMILES string of the molecule is CCCCCCCC/C=C\C/C=C\CCC(=O)NC(CO)C(O)/C=C/CC/C=C/CC/C=C/CCCCCCCCCCCCCC. The molecular formula is C43H77NO3. The molecular weight excluding hydrogens is 578 g/mol. The third-order valence-corrected chi connectivity index (χ3v) is 8.71. The van der Waals surface area contributed by atoms with Crippen LogP contribution in [0.3, 0.4) is 0 Å². The molecule has 0 aromatic heterocycles. The minimum Gasteiger partial charge on any atom is -0.394 e. The molecule has 0 aliphatic carbocycles. The molecule has 3 N–H and O–H groups in total. The van der Waals surface area contributed by atoms with Crippen molar-refractivity contribution in [2.24, 2.45) is 0 Å². The van der Waals surface area contributed by atoms with Gasteiger partial charge in [0.15, 0.2) is 0 Å². The van der Waals surface area contributed by atoms with Gasteiger partial charge in [-0.15, -0.1) is 0 Å². The molecule has 0 bridgehead atoms. The number of nitrogens with one attached hydrogen (secondary N) is 1. The molecule has 47 heavy (non-hydrogen) atoms. The summed E-state index contributed by atoms with van der Waals surface area (Å²) in [6.07, 6.45) is 53.3. The molecule has 0 aromatic rings. The molecule has 2 atom stereocenters. The Morgan fingerprint density at radius 3 is 1.36 bits per heavy atom. The number of rotatable bonds is 35. The van der Waals surface area contributed by atoms with Gasteiger partial charge in [0.2, 0.25) is 5.91 Å². The van der Waals surface area contributed by atoms with Crippen molar-refractivity contribution in [2.75, 3.05) is 6.61 Å². The van der Waals surface area contributed by atoms with Crippen molar-refractivity contribution in [3.8, 4) is 0 Å². The van der Waals surface area contributed by atoms with Crippen molar-refractivity contribution in [3.05, 3.63) is 60.8 Å². The van der Waals surface area contributed by atoms with E-state index in [2.05, 4.69) is 61.7 Å². The Morgan fingerprint density at radius 1 is 0.511 bits per heavy atom. The summed E-state index contributed by atoms with van der Waals surface area (Å²) >= 11 is 0. The lowest BCUT2D eigenvalue weighted by Gasteiger charge is -2.19. The zero-order valence-corrected chi connectivity index (χ0v) is 31.0. The fourth-order valence-corrected chi connectivity index (χ4v) is 5.61. The predicted octanol–water partition coefficient (Wildman–Crippen LogP) is 12.2. The van der Waals surface area contributed by atoms with Crippen molar-refractivity contribution >= 4 is 5.91 Å². The maximum absolute atomic E-state index is 12.3. The van der Waals surface area contributed by atoms with Crippen LogP contribution in [0, 0.1) is 0 Å². The van der Waals surface area contributed by atoms with Crippen LogP contribution in [-0.2, 0) is 4.79 Å². The Balaban J connectivity index is 3.74. The van der Waals surface area contributed by atoms with Gasteiger partial charge in [0.1, 0.15) is 0 Å². The van der Waals surface area contributed by atoms with E-state index in [-0.39, 0.29) is 12.5 Å². The average Bonchev–Trinajstić information content (AvgIpc) is 3.07. The number of aliphatic hydroxyl groups is 2. The van der Waals surface area contributed by atoms with E-state index in [1.54, 1.807) is 6.08 Å². The van der Waals surface area contributed by atoms with E-state index in [1.807, 2.05) is 12.2 Å². The number of amides is 1. The summed E-state index contributed by atoms with van der Waals surface area (Å²) in [5.41, 5.74) is 0. The molecule has 0 rings (SSSR count). The van der Waals surface area contributed by atoms with Gasteiger partial charge in [-0.05, 0) is 64.2 Å². The number of unbranched alkanes of at least 4 members (excludes halogenated alkanes) is 20. The van der Waals surface area contributed by atoms with Gasteiger partial charge in [0.25, 0.3) is 0 Å². The van der Waals surface area contributed by atoms with Gasteiger partial charge in [0, 0.05) is 6.42 Å². The Kier molecular flexibility index (Phi) is 37.0. The zero-order valence-electron chi connectivity index (χ0n) is 31.0. The molecule has 0 spiro atoms. The van der Waals surface area contributed by atoms with Crippen LogP contribution in [0.5, 0.6) is 0 Å². The molecule has 0 fully saturated rings. The number of carbonyl (C=O) groups is 1. The van der Waals surface area contributed by atoms with Crippen LogP contribution in [0.1, 0.15) is 187 Å². The van der Waals surface area contributed by atoms with Gasteiger partial charge >= 0.3 is 0 Å². The third-order valence-electron chi connectivity index (χ3n) is 8.71. The second-order valence-electron chi connectivity index (χ2n) is 13.3. The van der Waals surface area contributed by atoms with Gasteiger partial charge in [0.05, 0.1) is 18.8 Å². The highest BCUT2D eigenvalue weighted by molar-refractivity contribution is 5.76. The van der Waals surface area contributed by atoms with Crippen LogP contribution in [-0.4, -0.2) is 34.9 Å². The lowest BCUT2D eigenvalue weighted by Crippen LogP contribution is -2.45. The first-order chi connectivity index (χ1) is 23.2. The summed E-state index contributed by atoms with van der Waals surface area (Å²) in [5.74, 6) is -0.147. The van der Waals surface area contributed by atoms with E-state index in [0.717, 1.165) is 38.5 Å². The van der Waals surface area contributed by atoms with Gasteiger partial charge in [-0.25, -0.2) is 0 Å². The van der Waals surface area contributed by atoms with E-state index in [0.29, 0.717) is 12.8 Å². The van der Waals surface area contributed by atoms with Crippen LogP contribution in [0.4, 0.5) is 0 Å². The molecule has 0 aliphatic heterocycles. The molecule has 0 aliphatic rings. The maximum atomic E-state index is 12.3. The van der Waals surface area contributed by atoms with Gasteiger partial charge < -0.3 is 15.5 Å². The topological polar surface area (TPSA) is 69.6 Å². The van der Waals surface area contributed by atoms with Crippen molar-refractivity contribution in [1.29, 1.82) is 0 Å². The minimum absolute atomic E-state index is 0.147. The van der Waals surface area contributed by atoms with Crippen LogP contribution in [0.25, 0.3) is 0 Å². The fraction of sp³-hybridized carbons (Fsp3) is 0.744. The number of hydrogen-bond donors (Lipinski definition) is 3. The highest BCUT2D eigenvalue weighted by atomic mass is 16.3. The van der Waals surface area contributed by atoms with E-state index in [9.17, 15) is 15.0 Å². The number of aliphatic hydroxyl groups excluding tert-OH is 2. The van der Waals surface area contributed by atoms with E-state index in [1.165, 1.54) is 122 Å². The monoisotopic (exact) mass is 656 g/mol. The van der Waals surface area contributed by atoms with E-state index < -0.39 is 12.1 Å². The zero-order chi connectivity index (χ0) is 34.3. The van der Waals surface area contributed by atoms with Crippen LogP contribution >= 0.6 is 0 Å². The molecule has 0 saturated heterocycles. The average molecular weight is 656 g/mol. The third kappa shape index (κ3) is 35.2. The predicted molar refractivity (Wildman–Crippen MR) is 207 cm³/mol. The number of carbonyl (C=O) groups excluding carboxylic acids is 1. The van der Waals surface area contributed by atoms with E-state index in [4.69, 9.17) is 0 Å². The number of allylic oxidation sites excluding steroid dienone is 9. The molecule has 4 nitrogen and oxygen atoms in total. The maximum Gasteiger partial charge on any atom is 0.220 e. The van der Waals surface area contributed by atoms with Gasteiger partial charge in [-0.1, -0.05) is 177 Å². The summed E-state index contributed by atoms with van der Waals surface area (Å²) in [5, 5.41) is 22.8. The highest BCUT2D eigenvalue weighted by Crippen LogP contribution is 2.13. The second-order valence-corrected chi connectivity index (χ2v) is 13.3. The molecule has 4 heteroatoms. The first-order valence-electron chi connectivity index (χ1n) is 20.0. The van der Waals surface area contributed by atoms with Crippen molar-refractivity contribution in [3.63, 3.8) is 0 Å². The summed E-state index contributed by atoms with van der Waals surface area (Å²) in [4.78, 5) is 12.3. The Hall–Kier alpha value is -1.91. The Morgan fingerprint density at radius 2 is 0.894 bits per heavy atom. The van der Waals surface area contributed by atoms with Gasteiger partial charge in [-0.2, -0.15) is 0 Å². The van der Waals surface area contributed by atoms with E-state index >= 15 is 0 Å². The van der Waals surface area contributed by atoms with Crippen molar-refractivity contribution < 1.29 is 15.0 Å². The summed E-state index contributed by atoms with van der Waals surface area (Å²) < 4.78 is 0. The smallest absolute Gasteiger partial charge is 0.220 e. The second kappa shape index (κ2) is 38.5. The lowest BCUT2D eigenvalue weighted by molar-refractivity contribution is -0.122. The first kappa shape index (κ1) is 45.1. The van der Waals surface area contributed by atoms with Crippen molar-refractivity contribution in [2.45, 2.75) is 199 Å². The molecule has 0 aromatic carbocycles. The largest absolute Gasteiger partial charge is 0.394 e. The molecule has 0 radical (unpaired) electrons. The Bertz CT molecular complexity index is 797. The molecule has 0 saturated carbocycles. The van der Waals surface area contributed by atoms with Gasteiger partial charge in [-0.3, -0.25) is 4.79 Å². The summed E-state index contributed by atoms with van der Waals surface area (Å²) in [6.45, 7) is 4.24. The lowest BCUT2D eigenvalue weighted by atomic mass is 10.0. The van der Waals surface area contributed by atoms with Crippen molar-refractivity contribution in [1.82, 2.24) is 5.32 Å². The van der Waals surface area contributed by atoms with Crippen LogP contribution < -0.4 is 5.32 Å². The number of hydrogen-bond acceptors (Lipinski definition) is 3.